The molecule has 1 aromatic heterocycles. The quantitative estimate of drug-likeness (QED) is 0.684. The van der Waals surface area contributed by atoms with E-state index in [2.05, 4.69) is 9.97 Å². The van der Waals surface area contributed by atoms with Crippen molar-refractivity contribution in [2.75, 3.05) is 14.2 Å². The third kappa shape index (κ3) is 5.06. The van der Waals surface area contributed by atoms with Gasteiger partial charge in [-0.3, -0.25) is 0 Å². The topological polar surface area (TPSA) is 120 Å². The van der Waals surface area contributed by atoms with Gasteiger partial charge in [0.05, 0.1) is 31.1 Å². The molecule has 0 aliphatic heterocycles. The Kier molecular flexibility index (Phi) is 6.20. The van der Waals surface area contributed by atoms with Crippen LogP contribution in [0.3, 0.4) is 0 Å². The normalized spacial score (nSPS) is 12.5. The fraction of sp³-hybridized carbons (Fsp3) is 0.474. The van der Waals surface area contributed by atoms with Gasteiger partial charge >= 0.3 is 6.09 Å². The van der Waals surface area contributed by atoms with Gasteiger partial charge in [-0.1, -0.05) is 6.92 Å². The van der Waals surface area contributed by atoms with Crippen LogP contribution in [0.1, 0.15) is 39.3 Å². The van der Waals surface area contributed by atoms with E-state index in [9.17, 15) is 4.79 Å². The Morgan fingerprint density at radius 2 is 1.85 bits per heavy atom. The van der Waals surface area contributed by atoms with Crippen molar-refractivity contribution in [3.8, 4) is 11.5 Å². The van der Waals surface area contributed by atoms with Crippen LogP contribution in [0.15, 0.2) is 18.5 Å². The standard InChI is InChI=1S/C19H26N4O4/c1-11(9-19(2,3)27-18(21)24)6-13(20)17-12-7-15(25-4)16(26-5)8-14(12)22-10-23-17/h7-8,10-11,20H,6,9H2,1-5H3,(H2,21,24). The second-order valence-electron chi connectivity index (χ2n) is 7.12. The van der Waals surface area contributed by atoms with E-state index < -0.39 is 11.7 Å². The van der Waals surface area contributed by atoms with Crippen molar-refractivity contribution in [2.45, 2.75) is 39.2 Å². The van der Waals surface area contributed by atoms with E-state index in [0.717, 1.165) is 5.39 Å². The van der Waals surface area contributed by atoms with Crippen LogP contribution in [0, 0.1) is 11.3 Å². The van der Waals surface area contributed by atoms with Crippen LogP contribution in [0.2, 0.25) is 0 Å². The van der Waals surface area contributed by atoms with Crippen LogP contribution in [0.25, 0.3) is 10.9 Å². The van der Waals surface area contributed by atoms with E-state index >= 15 is 0 Å². The highest BCUT2D eigenvalue weighted by Gasteiger charge is 2.26. The van der Waals surface area contributed by atoms with Crippen molar-refractivity contribution in [3.63, 3.8) is 0 Å². The largest absolute Gasteiger partial charge is 0.493 e. The van der Waals surface area contributed by atoms with E-state index in [1.54, 1.807) is 40.2 Å². The lowest BCUT2D eigenvalue weighted by Gasteiger charge is -2.27. The number of methoxy groups -OCH3 is 2. The molecule has 0 saturated carbocycles. The lowest BCUT2D eigenvalue weighted by atomic mass is 9.89. The molecule has 0 aliphatic carbocycles. The lowest BCUT2D eigenvalue weighted by Crippen LogP contribution is -2.33. The summed E-state index contributed by atoms with van der Waals surface area (Å²) >= 11 is 0. The number of primary amides is 1. The molecule has 146 valence electrons. The summed E-state index contributed by atoms with van der Waals surface area (Å²) < 4.78 is 15.8. The fourth-order valence-corrected chi connectivity index (χ4v) is 3.29. The Hall–Kier alpha value is -2.90. The molecule has 1 heterocycles. The summed E-state index contributed by atoms with van der Waals surface area (Å²) in [6, 6.07) is 3.54. The Morgan fingerprint density at radius 1 is 1.22 bits per heavy atom. The molecule has 1 amide bonds. The van der Waals surface area contributed by atoms with Gasteiger partial charge in [0.2, 0.25) is 0 Å². The third-order valence-electron chi connectivity index (χ3n) is 4.20. The molecule has 3 N–H and O–H groups in total. The summed E-state index contributed by atoms with van der Waals surface area (Å²) in [7, 11) is 3.12. The zero-order valence-corrected chi connectivity index (χ0v) is 16.3. The molecule has 0 radical (unpaired) electrons. The number of fused-ring (bicyclic) bond motifs is 1. The van der Waals surface area contributed by atoms with Crippen molar-refractivity contribution in [2.24, 2.45) is 11.7 Å². The van der Waals surface area contributed by atoms with E-state index in [-0.39, 0.29) is 5.92 Å². The van der Waals surface area contributed by atoms with Crippen molar-refractivity contribution in [1.82, 2.24) is 9.97 Å². The van der Waals surface area contributed by atoms with Gasteiger partial charge in [0.25, 0.3) is 0 Å². The van der Waals surface area contributed by atoms with Crippen molar-refractivity contribution in [3.05, 3.63) is 24.2 Å². The number of benzene rings is 1. The van der Waals surface area contributed by atoms with E-state index in [1.807, 2.05) is 6.92 Å². The fourth-order valence-electron chi connectivity index (χ4n) is 3.29. The number of rotatable bonds is 8. The van der Waals surface area contributed by atoms with Gasteiger partial charge in [-0.15, -0.1) is 0 Å². The number of carbonyl (C=O) groups is 1. The number of hydrogen-bond acceptors (Lipinski definition) is 7. The predicted octanol–water partition coefficient (Wildman–Crippen LogP) is 3.31. The van der Waals surface area contributed by atoms with Crippen molar-refractivity contribution in [1.29, 1.82) is 5.41 Å². The second-order valence-corrected chi connectivity index (χ2v) is 7.12. The van der Waals surface area contributed by atoms with E-state index in [4.69, 9.17) is 25.4 Å². The highest BCUT2D eigenvalue weighted by atomic mass is 16.6. The first-order valence-corrected chi connectivity index (χ1v) is 8.60. The first-order valence-electron chi connectivity index (χ1n) is 8.60. The summed E-state index contributed by atoms with van der Waals surface area (Å²) in [5.74, 6) is 1.20. The molecule has 1 aromatic carbocycles. The minimum Gasteiger partial charge on any atom is -0.493 e. The molecule has 1 unspecified atom stereocenters. The number of aromatic nitrogens is 2. The molecule has 8 nitrogen and oxygen atoms in total. The number of amides is 1. The van der Waals surface area contributed by atoms with Gasteiger partial charge < -0.3 is 25.4 Å². The average molecular weight is 374 g/mol. The molecule has 0 bridgehead atoms. The lowest BCUT2D eigenvalue weighted by molar-refractivity contribution is 0.0290. The molecular weight excluding hydrogens is 348 g/mol. The maximum Gasteiger partial charge on any atom is 0.405 e. The Balaban J connectivity index is 2.25. The maximum absolute atomic E-state index is 11.0. The van der Waals surface area contributed by atoms with E-state index in [0.29, 0.717) is 41.3 Å². The highest BCUT2D eigenvalue weighted by molar-refractivity contribution is 6.07. The molecule has 0 spiro atoms. The Morgan fingerprint density at radius 3 is 2.44 bits per heavy atom. The first kappa shape index (κ1) is 20.4. The van der Waals surface area contributed by atoms with Gasteiger partial charge in [-0.25, -0.2) is 14.8 Å². The maximum atomic E-state index is 11.0. The molecule has 27 heavy (non-hydrogen) atoms. The van der Waals surface area contributed by atoms with Gasteiger partial charge in [0.15, 0.2) is 11.5 Å². The molecule has 2 rings (SSSR count). The van der Waals surface area contributed by atoms with Crippen molar-refractivity contribution < 1.29 is 19.0 Å². The molecule has 0 fully saturated rings. The van der Waals surface area contributed by atoms with Crippen LogP contribution < -0.4 is 15.2 Å². The van der Waals surface area contributed by atoms with Gasteiger partial charge in [0.1, 0.15) is 11.9 Å². The Labute approximate surface area is 158 Å². The first-order chi connectivity index (χ1) is 12.7. The molecule has 0 aliphatic rings. The zero-order valence-electron chi connectivity index (χ0n) is 16.3. The molecular formula is C19H26N4O4. The van der Waals surface area contributed by atoms with Crippen LogP contribution in [0.5, 0.6) is 11.5 Å². The minimum absolute atomic E-state index is 0.0806. The van der Waals surface area contributed by atoms with Gasteiger partial charge in [-0.2, -0.15) is 0 Å². The van der Waals surface area contributed by atoms with Gasteiger partial charge in [0, 0.05) is 11.5 Å². The number of hydrogen-bond donors (Lipinski definition) is 2. The molecule has 0 saturated heterocycles. The summed E-state index contributed by atoms with van der Waals surface area (Å²) in [4.78, 5) is 19.6. The third-order valence-corrected chi connectivity index (χ3v) is 4.20. The second kappa shape index (κ2) is 8.20. The van der Waals surface area contributed by atoms with E-state index in [1.165, 1.54) is 6.33 Å². The summed E-state index contributed by atoms with van der Waals surface area (Å²) in [5.41, 5.74) is 6.01. The summed E-state index contributed by atoms with van der Waals surface area (Å²) in [5, 5.41) is 9.25. The highest BCUT2D eigenvalue weighted by Crippen LogP contribution is 2.33. The van der Waals surface area contributed by atoms with Crippen LogP contribution in [0.4, 0.5) is 4.79 Å². The number of carbonyl (C=O) groups excluding carboxylic acids is 1. The molecule has 2 aromatic rings. The molecule has 8 heteroatoms. The van der Waals surface area contributed by atoms with Gasteiger partial charge in [-0.05, 0) is 38.7 Å². The number of nitrogens with one attached hydrogen (secondary N) is 1. The monoisotopic (exact) mass is 374 g/mol. The summed E-state index contributed by atoms with van der Waals surface area (Å²) in [6.07, 6.45) is 1.66. The van der Waals surface area contributed by atoms with Crippen LogP contribution in [-0.4, -0.2) is 41.6 Å². The Bertz CT molecular complexity index is 851. The predicted molar refractivity (Wildman–Crippen MR) is 103 cm³/mol. The average Bonchev–Trinajstić information content (AvgIpc) is 2.57. The molecule has 1 atom stereocenters. The van der Waals surface area contributed by atoms with Crippen molar-refractivity contribution >= 4 is 22.7 Å². The number of ether oxygens (including phenoxy) is 3. The summed E-state index contributed by atoms with van der Waals surface area (Å²) in [6.45, 7) is 5.60. The SMILES string of the molecule is COc1cc2ncnc(C(=N)CC(C)CC(C)(C)OC(N)=O)c2cc1OC. The number of nitrogens with zero attached hydrogens (tertiary/aromatic N) is 2. The van der Waals surface area contributed by atoms with Crippen LogP contribution >= 0.6 is 0 Å². The zero-order chi connectivity index (χ0) is 20.2. The smallest absolute Gasteiger partial charge is 0.405 e. The van der Waals surface area contributed by atoms with Crippen LogP contribution in [-0.2, 0) is 4.74 Å². The number of nitrogens with two attached hydrogens (primary N) is 1. The minimum atomic E-state index is -0.801.